The molecule has 37 heavy (non-hydrogen) atoms. The Kier molecular flexibility index (Phi) is 5.82. The van der Waals surface area contributed by atoms with Crippen LogP contribution in [0.5, 0.6) is 6.01 Å². The molecule has 194 valence electrons. The molecule has 5 heterocycles. The zero-order chi connectivity index (χ0) is 25.9. The fraction of sp³-hybridized carbons (Fsp3) is 0.464. The van der Waals surface area contributed by atoms with Crippen molar-refractivity contribution < 1.29 is 14.3 Å². The van der Waals surface area contributed by atoms with Gasteiger partial charge in [0.05, 0.1) is 36.5 Å². The largest absolute Gasteiger partial charge is 0.467 e. The lowest BCUT2D eigenvalue weighted by Gasteiger charge is -2.56. The number of piperidine rings is 1. The topological polar surface area (TPSA) is 71.0 Å². The van der Waals surface area contributed by atoms with Crippen LogP contribution in [0.2, 0.25) is 5.02 Å². The highest BCUT2D eigenvalue weighted by Gasteiger charge is 2.49. The van der Waals surface area contributed by atoms with Crippen molar-refractivity contribution in [2.75, 3.05) is 36.5 Å². The molecule has 3 fully saturated rings. The number of anilines is 2. The minimum Gasteiger partial charge on any atom is -0.467 e. The molecule has 0 spiro atoms. The minimum atomic E-state index is -0.500. The number of hydrogen-bond donors (Lipinski definition) is 0. The molecule has 0 N–H and O–H groups in total. The maximum atomic E-state index is 12.7. The highest BCUT2D eigenvalue weighted by atomic mass is 35.5. The van der Waals surface area contributed by atoms with Crippen molar-refractivity contribution in [2.45, 2.75) is 57.8 Å². The Labute approximate surface area is 222 Å². The normalized spacial score (nSPS) is 20.9. The van der Waals surface area contributed by atoms with Crippen LogP contribution in [0, 0.1) is 0 Å². The summed E-state index contributed by atoms with van der Waals surface area (Å²) in [6.45, 7) is 8.65. The number of nitrogens with zero attached hydrogens (tertiary/aromatic N) is 5. The first kappa shape index (κ1) is 24.1. The molecule has 0 saturated carbocycles. The average Bonchev–Trinajstić information content (AvgIpc) is 2.86. The van der Waals surface area contributed by atoms with Gasteiger partial charge < -0.3 is 19.3 Å². The van der Waals surface area contributed by atoms with E-state index in [1.165, 1.54) is 0 Å². The Morgan fingerprint density at radius 2 is 1.78 bits per heavy atom. The summed E-state index contributed by atoms with van der Waals surface area (Å²) in [6.07, 6.45) is 1.59. The number of amides is 1. The third-order valence-electron chi connectivity index (χ3n) is 7.47. The minimum absolute atomic E-state index is 0.128. The molecule has 3 aromatic rings. The molecule has 9 heteroatoms. The number of aromatic nitrogens is 2. The third kappa shape index (κ3) is 4.31. The number of hydrogen-bond acceptors (Lipinski definition) is 7. The molecule has 0 aliphatic carbocycles. The zero-order valence-electron chi connectivity index (χ0n) is 21.7. The van der Waals surface area contributed by atoms with Crippen molar-refractivity contribution in [3.05, 3.63) is 52.7 Å². The molecule has 1 amide bonds. The molecule has 1 aromatic heterocycles. The van der Waals surface area contributed by atoms with Crippen LogP contribution in [-0.2, 0) is 17.7 Å². The van der Waals surface area contributed by atoms with Gasteiger partial charge in [0, 0.05) is 36.3 Å². The van der Waals surface area contributed by atoms with Gasteiger partial charge >= 0.3 is 12.1 Å². The van der Waals surface area contributed by atoms with E-state index in [9.17, 15) is 4.79 Å². The number of benzene rings is 2. The van der Waals surface area contributed by atoms with E-state index in [0.29, 0.717) is 12.6 Å². The standard InChI is InChI=1S/C28H32ClN5O3/c1-28(2,3)37-27(35)34-18-13-19(34)15-33(14-18)25-20-11-12-32(16-22(20)30-26(31-25)36-4)23-10-6-8-17-7-5-9-21(29)24(17)23/h5-10,18-19H,11-16H2,1-4H3. The zero-order valence-corrected chi connectivity index (χ0v) is 22.5. The summed E-state index contributed by atoms with van der Waals surface area (Å²) in [5.41, 5.74) is 2.74. The Hall–Kier alpha value is -3.26. The number of halogens is 1. The molecule has 2 aromatic carbocycles. The first-order valence-electron chi connectivity index (χ1n) is 12.8. The fourth-order valence-corrected chi connectivity index (χ4v) is 6.16. The molecule has 3 saturated heterocycles. The lowest BCUT2D eigenvalue weighted by Crippen LogP contribution is -2.70. The van der Waals surface area contributed by atoms with Crippen LogP contribution in [0.15, 0.2) is 36.4 Å². The Morgan fingerprint density at radius 3 is 2.49 bits per heavy atom. The van der Waals surface area contributed by atoms with E-state index in [0.717, 1.165) is 71.0 Å². The summed E-state index contributed by atoms with van der Waals surface area (Å²) >= 11 is 6.63. The maximum absolute atomic E-state index is 12.7. The first-order valence-corrected chi connectivity index (χ1v) is 13.2. The predicted molar refractivity (Wildman–Crippen MR) is 145 cm³/mol. The lowest BCUT2D eigenvalue weighted by atomic mass is 9.87. The summed E-state index contributed by atoms with van der Waals surface area (Å²) < 4.78 is 11.2. The number of methoxy groups -OCH3 is 1. The van der Waals surface area contributed by atoms with Gasteiger partial charge in [-0.15, -0.1) is 0 Å². The van der Waals surface area contributed by atoms with E-state index in [1.54, 1.807) is 7.11 Å². The van der Waals surface area contributed by atoms with Gasteiger partial charge in [0.2, 0.25) is 0 Å². The van der Waals surface area contributed by atoms with Crippen molar-refractivity contribution in [3.8, 4) is 6.01 Å². The van der Waals surface area contributed by atoms with E-state index in [-0.39, 0.29) is 18.2 Å². The van der Waals surface area contributed by atoms with Crippen LogP contribution in [0.3, 0.4) is 0 Å². The van der Waals surface area contributed by atoms with Crippen LogP contribution in [0.4, 0.5) is 16.3 Å². The van der Waals surface area contributed by atoms with Gasteiger partial charge in [-0.2, -0.15) is 9.97 Å². The maximum Gasteiger partial charge on any atom is 0.410 e. The van der Waals surface area contributed by atoms with Crippen LogP contribution >= 0.6 is 11.6 Å². The summed E-state index contributed by atoms with van der Waals surface area (Å²) in [4.78, 5) is 28.8. The quantitative estimate of drug-likeness (QED) is 0.477. The smallest absolute Gasteiger partial charge is 0.410 e. The summed E-state index contributed by atoms with van der Waals surface area (Å²) in [7, 11) is 1.61. The van der Waals surface area contributed by atoms with Crippen molar-refractivity contribution in [3.63, 3.8) is 0 Å². The number of ether oxygens (including phenoxy) is 2. The van der Waals surface area contributed by atoms with Gasteiger partial charge in [-0.25, -0.2) is 4.79 Å². The van der Waals surface area contributed by atoms with Crippen LogP contribution < -0.4 is 14.5 Å². The van der Waals surface area contributed by atoms with Gasteiger partial charge in [-0.1, -0.05) is 35.9 Å². The van der Waals surface area contributed by atoms with Gasteiger partial charge in [0.15, 0.2) is 0 Å². The average molecular weight is 522 g/mol. The van der Waals surface area contributed by atoms with Gasteiger partial charge in [-0.3, -0.25) is 4.90 Å². The molecule has 8 nitrogen and oxygen atoms in total. The number of piperazine rings is 1. The molecule has 7 rings (SSSR count). The van der Waals surface area contributed by atoms with E-state index in [2.05, 4.69) is 34.1 Å². The Morgan fingerprint density at radius 1 is 1.05 bits per heavy atom. The van der Waals surface area contributed by atoms with E-state index in [4.69, 9.17) is 31.0 Å². The molecule has 2 atom stereocenters. The first-order chi connectivity index (χ1) is 17.7. The molecule has 0 radical (unpaired) electrons. The second-order valence-corrected chi connectivity index (χ2v) is 11.5. The number of rotatable bonds is 3. The van der Waals surface area contributed by atoms with Gasteiger partial charge in [0.25, 0.3) is 0 Å². The number of carbonyl (C=O) groups is 1. The Bertz CT molecular complexity index is 1360. The van der Waals surface area contributed by atoms with Crippen molar-refractivity contribution in [2.24, 2.45) is 0 Å². The third-order valence-corrected chi connectivity index (χ3v) is 7.79. The molecule has 2 bridgehead atoms. The van der Waals surface area contributed by atoms with Crippen molar-refractivity contribution >= 4 is 40.0 Å². The lowest BCUT2D eigenvalue weighted by molar-refractivity contribution is -0.0381. The molecule has 4 aliphatic heterocycles. The number of carbonyl (C=O) groups excluding carboxylic acids is 1. The van der Waals surface area contributed by atoms with Crippen LogP contribution in [0.1, 0.15) is 38.4 Å². The summed E-state index contributed by atoms with van der Waals surface area (Å²) in [5, 5.41) is 2.94. The second-order valence-electron chi connectivity index (χ2n) is 11.1. The molecule has 2 unspecified atom stereocenters. The van der Waals surface area contributed by atoms with E-state index >= 15 is 0 Å². The van der Waals surface area contributed by atoms with Crippen LogP contribution in [0.25, 0.3) is 10.8 Å². The highest BCUT2D eigenvalue weighted by Crippen LogP contribution is 2.40. The molecule has 4 aliphatic rings. The SMILES string of the molecule is COc1nc2c(c(N3CC4CC(C3)N4C(=O)OC(C)(C)C)n1)CCN(c1cccc3cccc(Cl)c13)C2. The van der Waals surface area contributed by atoms with Gasteiger partial charge in [0.1, 0.15) is 11.4 Å². The molecular weight excluding hydrogens is 490 g/mol. The Balaban J connectivity index is 1.27. The fourth-order valence-electron chi connectivity index (χ4n) is 5.88. The predicted octanol–water partition coefficient (Wildman–Crippen LogP) is 5.05. The van der Waals surface area contributed by atoms with Gasteiger partial charge in [-0.05, 0) is 51.1 Å². The van der Waals surface area contributed by atoms with Crippen molar-refractivity contribution in [1.82, 2.24) is 14.9 Å². The van der Waals surface area contributed by atoms with E-state index < -0.39 is 5.60 Å². The second kappa shape index (κ2) is 8.94. The van der Waals surface area contributed by atoms with Crippen molar-refractivity contribution in [1.29, 1.82) is 0 Å². The molecular formula is C28H32ClN5O3. The summed E-state index contributed by atoms with van der Waals surface area (Å²) in [6, 6.07) is 12.9. The highest BCUT2D eigenvalue weighted by molar-refractivity contribution is 6.36. The van der Waals surface area contributed by atoms with Crippen LogP contribution in [-0.4, -0.2) is 65.4 Å². The number of fused-ring (bicyclic) bond motifs is 4. The summed E-state index contributed by atoms with van der Waals surface area (Å²) in [5.74, 6) is 0.927. The van der Waals surface area contributed by atoms with E-state index in [1.807, 2.05) is 37.8 Å². The monoisotopic (exact) mass is 521 g/mol.